The maximum absolute atomic E-state index is 12.6. The van der Waals surface area contributed by atoms with Gasteiger partial charge in [0.05, 0.1) is 12.6 Å². The van der Waals surface area contributed by atoms with Crippen LogP contribution in [0.25, 0.3) is 0 Å². The van der Waals surface area contributed by atoms with E-state index < -0.39 is 0 Å². The number of carbonyl (C=O) groups is 1. The molecule has 2 unspecified atom stereocenters. The third kappa shape index (κ3) is 3.26. The van der Waals surface area contributed by atoms with Gasteiger partial charge in [-0.05, 0) is 61.2 Å². The smallest absolute Gasteiger partial charge is 0.234 e. The highest BCUT2D eigenvalue weighted by molar-refractivity contribution is 7.10. The molecule has 1 amide bonds. The van der Waals surface area contributed by atoms with Crippen molar-refractivity contribution >= 4 is 17.2 Å². The summed E-state index contributed by atoms with van der Waals surface area (Å²) in [6.07, 6.45) is 5.69. The van der Waals surface area contributed by atoms with E-state index in [1.165, 1.54) is 28.8 Å². The predicted octanol–water partition coefficient (Wildman–Crippen LogP) is 4.08. The summed E-state index contributed by atoms with van der Waals surface area (Å²) in [5.41, 5.74) is 2.71. The third-order valence-electron chi connectivity index (χ3n) is 5.29. The zero-order chi connectivity index (χ0) is 16.4. The molecule has 1 aliphatic carbocycles. The highest BCUT2D eigenvalue weighted by Crippen LogP contribution is 2.34. The predicted molar refractivity (Wildman–Crippen MR) is 98.1 cm³/mol. The fourth-order valence-corrected chi connectivity index (χ4v) is 5.04. The van der Waals surface area contributed by atoms with Crippen molar-refractivity contribution in [3.8, 4) is 0 Å². The number of thiophene rings is 1. The van der Waals surface area contributed by atoms with Crippen molar-refractivity contribution in [3.63, 3.8) is 0 Å². The molecule has 0 bridgehead atoms. The van der Waals surface area contributed by atoms with Crippen molar-refractivity contribution in [1.29, 1.82) is 0 Å². The molecule has 2 heterocycles. The number of nitrogens with one attached hydrogen (secondary N) is 1. The van der Waals surface area contributed by atoms with Gasteiger partial charge in [-0.2, -0.15) is 0 Å². The Bertz CT molecular complexity index is 697. The molecule has 0 radical (unpaired) electrons. The zero-order valence-electron chi connectivity index (χ0n) is 13.9. The first-order valence-electron chi connectivity index (χ1n) is 8.96. The van der Waals surface area contributed by atoms with Gasteiger partial charge in [0.15, 0.2) is 0 Å². The van der Waals surface area contributed by atoms with Crippen LogP contribution in [0.3, 0.4) is 0 Å². The van der Waals surface area contributed by atoms with Crippen LogP contribution in [0, 0.1) is 0 Å². The van der Waals surface area contributed by atoms with E-state index in [-0.39, 0.29) is 11.9 Å². The Morgan fingerprint density at radius 3 is 2.96 bits per heavy atom. The molecule has 1 saturated heterocycles. The summed E-state index contributed by atoms with van der Waals surface area (Å²) >= 11 is 1.80. The van der Waals surface area contributed by atoms with E-state index >= 15 is 0 Å². The summed E-state index contributed by atoms with van der Waals surface area (Å²) in [4.78, 5) is 16.4. The molecule has 126 valence electrons. The standard InChI is InChI=1S/C20H24N2OS/c23-20(14-22-12-4-10-18(22)19-11-5-13-24-19)21-17-9-3-7-15-6-1-2-8-16(15)17/h1-2,5-6,8,11,13,17-18H,3-4,7,9-10,12,14H2,(H,21,23). The number of carbonyl (C=O) groups excluding carboxylic acids is 1. The van der Waals surface area contributed by atoms with Gasteiger partial charge in [-0.25, -0.2) is 0 Å². The van der Waals surface area contributed by atoms with E-state index in [9.17, 15) is 4.79 Å². The van der Waals surface area contributed by atoms with Gasteiger partial charge in [0, 0.05) is 10.9 Å². The molecule has 2 aromatic rings. The van der Waals surface area contributed by atoms with Crippen molar-refractivity contribution in [2.24, 2.45) is 0 Å². The molecule has 1 aromatic carbocycles. The lowest BCUT2D eigenvalue weighted by molar-refractivity contribution is -0.123. The first-order valence-corrected chi connectivity index (χ1v) is 9.84. The second kappa shape index (κ2) is 7.08. The molecular weight excluding hydrogens is 316 g/mol. The van der Waals surface area contributed by atoms with Crippen LogP contribution in [0.15, 0.2) is 41.8 Å². The average molecular weight is 340 g/mol. The van der Waals surface area contributed by atoms with Crippen LogP contribution < -0.4 is 5.32 Å². The van der Waals surface area contributed by atoms with Crippen molar-refractivity contribution in [2.75, 3.05) is 13.1 Å². The minimum Gasteiger partial charge on any atom is -0.348 e. The first-order chi connectivity index (χ1) is 11.8. The van der Waals surface area contributed by atoms with E-state index in [0.29, 0.717) is 12.6 Å². The maximum atomic E-state index is 12.6. The average Bonchev–Trinajstić information content (AvgIpc) is 3.26. The molecule has 2 aliphatic rings. The van der Waals surface area contributed by atoms with Crippen molar-refractivity contribution in [1.82, 2.24) is 10.2 Å². The van der Waals surface area contributed by atoms with Gasteiger partial charge < -0.3 is 5.32 Å². The van der Waals surface area contributed by atoms with E-state index in [1.807, 2.05) is 0 Å². The van der Waals surface area contributed by atoms with Crippen LogP contribution in [0.2, 0.25) is 0 Å². The van der Waals surface area contributed by atoms with Gasteiger partial charge >= 0.3 is 0 Å². The number of nitrogens with zero attached hydrogens (tertiary/aromatic N) is 1. The number of aryl methyl sites for hydroxylation is 1. The highest BCUT2D eigenvalue weighted by Gasteiger charge is 2.29. The van der Waals surface area contributed by atoms with Crippen LogP contribution in [0.1, 0.15) is 53.8 Å². The molecule has 4 heteroatoms. The Morgan fingerprint density at radius 1 is 1.17 bits per heavy atom. The monoisotopic (exact) mass is 340 g/mol. The number of hydrogen-bond donors (Lipinski definition) is 1. The summed E-state index contributed by atoms with van der Waals surface area (Å²) in [5, 5.41) is 5.42. The summed E-state index contributed by atoms with van der Waals surface area (Å²) in [7, 11) is 0. The largest absolute Gasteiger partial charge is 0.348 e. The Balaban J connectivity index is 1.41. The van der Waals surface area contributed by atoms with E-state index in [0.717, 1.165) is 25.8 Å². The lowest BCUT2D eigenvalue weighted by atomic mass is 9.88. The molecule has 1 aromatic heterocycles. The van der Waals surface area contributed by atoms with Gasteiger partial charge in [0.1, 0.15) is 0 Å². The molecule has 1 N–H and O–H groups in total. The summed E-state index contributed by atoms with van der Waals surface area (Å²) in [6, 6.07) is 13.5. The van der Waals surface area contributed by atoms with Crippen LogP contribution in [0.5, 0.6) is 0 Å². The minimum absolute atomic E-state index is 0.167. The summed E-state index contributed by atoms with van der Waals surface area (Å²) in [5.74, 6) is 0.167. The normalized spacial score (nSPS) is 23.8. The van der Waals surface area contributed by atoms with Gasteiger partial charge in [-0.3, -0.25) is 9.69 Å². The lowest BCUT2D eigenvalue weighted by Crippen LogP contribution is -2.39. The number of rotatable bonds is 4. The van der Waals surface area contributed by atoms with Crippen LogP contribution >= 0.6 is 11.3 Å². The molecular formula is C20H24N2OS. The molecule has 1 fully saturated rings. The fraction of sp³-hybridized carbons (Fsp3) is 0.450. The second-order valence-corrected chi connectivity index (χ2v) is 7.83. The van der Waals surface area contributed by atoms with Crippen molar-refractivity contribution < 1.29 is 4.79 Å². The maximum Gasteiger partial charge on any atom is 0.234 e. The second-order valence-electron chi connectivity index (χ2n) is 6.86. The number of likely N-dealkylation sites (tertiary alicyclic amines) is 1. The Hall–Kier alpha value is -1.65. The van der Waals surface area contributed by atoms with Crippen LogP contribution in [-0.2, 0) is 11.2 Å². The molecule has 24 heavy (non-hydrogen) atoms. The molecule has 0 saturated carbocycles. The summed E-state index contributed by atoms with van der Waals surface area (Å²) < 4.78 is 0. The van der Waals surface area contributed by atoms with Crippen LogP contribution in [0.4, 0.5) is 0 Å². The third-order valence-corrected chi connectivity index (χ3v) is 6.26. The van der Waals surface area contributed by atoms with Gasteiger partial charge in [-0.15, -0.1) is 11.3 Å². The number of amides is 1. The lowest BCUT2D eigenvalue weighted by Gasteiger charge is -2.28. The van der Waals surface area contributed by atoms with E-state index in [1.54, 1.807) is 11.3 Å². The number of hydrogen-bond acceptors (Lipinski definition) is 3. The minimum atomic E-state index is 0.167. The highest BCUT2D eigenvalue weighted by atomic mass is 32.1. The molecule has 4 rings (SSSR count). The molecule has 2 atom stereocenters. The molecule has 3 nitrogen and oxygen atoms in total. The van der Waals surface area contributed by atoms with E-state index in [2.05, 4.69) is 52.0 Å². The van der Waals surface area contributed by atoms with Crippen LogP contribution in [-0.4, -0.2) is 23.9 Å². The van der Waals surface area contributed by atoms with Crippen molar-refractivity contribution in [2.45, 2.75) is 44.2 Å². The summed E-state index contributed by atoms with van der Waals surface area (Å²) in [6.45, 7) is 1.54. The fourth-order valence-electron chi connectivity index (χ4n) is 4.15. The molecule has 0 spiro atoms. The SMILES string of the molecule is O=C(CN1CCCC1c1cccs1)NC1CCCc2ccccc21. The quantitative estimate of drug-likeness (QED) is 0.909. The Labute approximate surface area is 147 Å². The van der Waals surface area contributed by atoms with Gasteiger partial charge in [-0.1, -0.05) is 30.3 Å². The topological polar surface area (TPSA) is 32.3 Å². The Kier molecular flexibility index (Phi) is 4.67. The number of benzene rings is 1. The molecule has 1 aliphatic heterocycles. The first kappa shape index (κ1) is 15.9. The zero-order valence-corrected chi connectivity index (χ0v) is 14.7. The van der Waals surface area contributed by atoms with Crippen molar-refractivity contribution in [3.05, 3.63) is 57.8 Å². The number of fused-ring (bicyclic) bond motifs is 1. The Morgan fingerprint density at radius 2 is 2.08 bits per heavy atom. The van der Waals surface area contributed by atoms with Gasteiger partial charge in [0.2, 0.25) is 5.91 Å². The van der Waals surface area contributed by atoms with E-state index in [4.69, 9.17) is 0 Å². The van der Waals surface area contributed by atoms with Gasteiger partial charge in [0.25, 0.3) is 0 Å².